The minimum absolute atomic E-state index is 0.232. The molecule has 0 saturated carbocycles. The summed E-state index contributed by atoms with van der Waals surface area (Å²) in [4.78, 5) is 2.27. The van der Waals surface area contributed by atoms with Crippen LogP contribution in [-0.2, 0) is 6.54 Å². The van der Waals surface area contributed by atoms with Crippen LogP contribution in [0.5, 0.6) is 5.75 Å². The van der Waals surface area contributed by atoms with Gasteiger partial charge in [-0.3, -0.25) is 4.90 Å². The van der Waals surface area contributed by atoms with Gasteiger partial charge in [-0.15, -0.1) is 0 Å². The van der Waals surface area contributed by atoms with Crippen LogP contribution in [0.1, 0.15) is 18.9 Å². The standard InChI is InChI=1S/C13H22N2O2/c1-3-15(7-4-8-16)10-11-5-6-12(14)9-13(11)17-2/h5-6,9,16H,3-4,7-8,10,14H2,1-2H3. The third-order valence-corrected chi connectivity index (χ3v) is 2.78. The summed E-state index contributed by atoms with van der Waals surface area (Å²) in [7, 11) is 1.66. The van der Waals surface area contributed by atoms with Gasteiger partial charge in [-0.25, -0.2) is 0 Å². The Bertz CT molecular complexity index is 342. The van der Waals surface area contributed by atoms with E-state index in [1.165, 1.54) is 0 Å². The second kappa shape index (κ2) is 7.14. The van der Waals surface area contributed by atoms with Crippen molar-refractivity contribution in [1.29, 1.82) is 0 Å². The first-order valence-corrected chi connectivity index (χ1v) is 5.96. The lowest BCUT2D eigenvalue weighted by Gasteiger charge is -2.21. The highest BCUT2D eigenvalue weighted by atomic mass is 16.5. The molecular formula is C13H22N2O2. The van der Waals surface area contributed by atoms with Crippen molar-refractivity contribution in [2.45, 2.75) is 19.9 Å². The Balaban J connectivity index is 2.71. The maximum atomic E-state index is 8.85. The van der Waals surface area contributed by atoms with Gasteiger partial charge in [-0.1, -0.05) is 13.0 Å². The van der Waals surface area contributed by atoms with Crippen LogP contribution in [0.25, 0.3) is 0 Å². The molecule has 1 aromatic carbocycles. The first-order chi connectivity index (χ1) is 8.21. The normalized spacial score (nSPS) is 10.8. The lowest BCUT2D eigenvalue weighted by atomic mass is 10.1. The Morgan fingerprint density at radius 2 is 2.18 bits per heavy atom. The Labute approximate surface area is 103 Å². The first kappa shape index (κ1) is 13.8. The van der Waals surface area contributed by atoms with E-state index in [0.29, 0.717) is 5.69 Å². The highest BCUT2D eigenvalue weighted by Gasteiger charge is 2.08. The minimum atomic E-state index is 0.232. The fourth-order valence-corrected chi connectivity index (χ4v) is 1.78. The summed E-state index contributed by atoms with van der Waals surface area (Å²) in [5.74, 6) is 0.826. The number of anilines is 1. The van der Waals surface area contributed by atoms with Crippen LogP contribution in [0.4, 0.5) is 5.69 Å². The Hall–Kier alpha value is -1.26. The fourth-order valence-electron chi connectivity index (χ4n) is 1.78. The number of aliphatic hydroxyl groups excluding tert-OH is 1. The third kappa shape index (κ3) is 4.24. The van der Waals surface area contributed by atoms with E-state index in [9.17, 15) is 0 Å². The topological polar surface area (TPSA) is 58.7 Å². The lowest BCUT2D eigenvalue weighted by Crippen LogP contribution is -2.24. The number of hydrogen-bond acceptors (Lipinski definition) is 4. The molecule has 4 nitrogen and oxygen atoms in total. The molecule has 17 heavy (non-hydrogen) atoms. The molecule has 0 aliphatic carbocycles. The largest absolute Gasteiger partial charge is 0.496 e. The zero-order chi connectivity index (χ0) is 12.7. The van der Waals surface area contributed by atoms with Gasteiger partial charge in [-0.05, 0) is 19.0 Å². The van der Waals surface area contributed by atoms with Crippen LogP contribution in [-0.4, -0.2) is 36.8 Å². The SMILES string of the molecule is CCN(CCCO)Cc1ccc(N)cc1OC. The van der Waals surface area contributed by atoms with Gasteiger partial charge in [0.05, 0.1) is 7.11 Å². The van der Waals surface area contributed by atoms with E-state index in [0.717, 1.165) is 37.4 Å². The Kier molecular flexibility index (Phi) is 5.80. The molecule has 1 aromatic rings. The summed E-state index contributed by atoms with van der Waals surface area (Å²) in [5, 5.41) is 8.85. The van der Waals surface area contributed by atoms with E-state index in [1.807, 2.05) is 18.2 Å². The smallest absolute Gasteiger partial charge is 0.125 e. The van der Waals surface area contributed by atoms with Crippen LogP contribution in [0.2, 0.25) is 0 Å². The predicted molar refractivity (Wildman–Crippen MR) is 70.1 cm³/mol. The van der Waals surface area contributed by atoms with Gasteiger partial charge in [0.15, 0.2) is 0 Å². The van der Waals surface area contributed by atoms with Crippen molar-refractivity contribution in [3.05, 3.63) is 23.8 Å². The van der Waals surface area contributed by atoms with E-state index in [-0.39, 0.29) is 6.61 Å². The highest BCUT2D eigenvalue weighted by Crippen LogP contribution is 2.22. The molecule has 0 saturated heterocycles. The summed E-state index contributed by atoms with van der Waals surface area (Å²) in [6.07, 6.45) is 0.797. The number of nitrogens with two attached hydrogens (primary N) is 1. The molecule has 0 amide bonds. The van der Waals surface area contributed by atoms with Crippen molar-refractivity contribution in [2.24, 2.45) is 0 Å². The molecule has 0 radical (unpaired) electrons. The quantitative estimate of drug-likeness (QED) is 0.706. The number of methoxy groups -OCH3 is 1. The van der Waals surface area contributed by atoms with E-state index < -0.39 is 0 Å². The van der Waals surface area contributed by atoms with Crippen LogP contribution in [0, 0.1) is 0 Å². The first-order valence-electron chi connectivity index (χ1n) is 5.96. The molecule has 0 spiro atoms. The number of benzene rings is 1. The number of nitrogens with zero attached hydrogens (tertiary/aromatic N) is 1. The molecule has 0 heterocycles. The molecule has 4 heteroatoms. The van der Waals surface area contributed by atoms with Crippen molar-refractivity contribution < 1.29 is 9.84 Å². The van der Waals surface area contributed by atoms with Gasteiger partial charge < -0.3 is 15.6 Å². The van der Waals surface area contributed by atoms with Crippen molar-refractivity contribution in [1.82, 2.24) is 4.90 Å². The van der Waals surface area contributed by atoms with Gasteiger partial charge in [0, 0.05) is 37.0 Å². The molecule has 0 aromatic heterocycles. The number of rotatable bonds is 7. The zero-order valence-corrected chi connectivity index (χ0v) is 10.6. The Morgan fingerprint density at radius 1 is 1.41 bits per heavy atom. The van der Waals surface area contributed by atoms with Gasteiger partial charge in [0.1, 0.15) is 5.75 Å². The van der Waals surface area contributed by atoms with Crippen molar-refractivity contribution in [3.8, 4) is 5.75 Å². The molecule has 0 unspecified atom stereocenters. The van der Waals surface area contributed by atoms with Gasteiger partial charge in [-0.2, -0.15) is 0 Å². The summed E-state index contributed by atoms with van der Waals surface area (Å²) in [5.41, 5.74) is 7.56. The number of hydrogen-bond donors (Lipinski definition) is 2. The van der Waals surface area contributed by atoms with Crippen LogP contribution in [0.15, 0.2) is 18.2 Å². The molecule has 0 bridgehead atoms. The zero-order valence-electron chi connectivity index (χ0n) is 10.6. The molecule has 3 N–H and O–H groups in total. The predicted octanol–water partition coefficient (Wildman–Crippen LogP) is 1.48. The summed E-state index contributed by atoms with van der Waals surface area (Å²) >= 11 is 0. The number of nitrogen functional groups attached to an aromatic ring is 1. The van der Waals surface area contributed by atoms with E-state index in [4.69, 9.17) is 15.6 Å². The maximum absolute atomic E-state index is 8.85. The molecule has 0 aliphatic rings. The van der Waals surface area contributed by atoms with Gasteiger partial charge in [0.25, 0.3) is 0 Å². The molecule has 1 rings (SSSR count). The van der Waals surface area contributed by atoms with E-state index >= 15 is 0 Å². The summed E-state index contributed by atoms with van der Waals surface area (Å²) in [6.45, 7) is 5.00. The highest BCUT2D eigenvalue weighted by molar-refractivity contribution is 5.48. The molecule has 0 fully saturated rings. The number of ether oxygens (including phenoxy) is 1. The second-order valence-corrected chi connectivity index (χ2v) is 4.02. The fraction of sp³-hybridized carbons (Fsp3) is 0.538. The van der Waals surface area contributed by atoms with Crippen molar-refractivity contribution >= 4 is 5.69 Å². The van der Waals surface area contributed by atoms with Gasteiger partial charge in [0.2, 0.25) is 0 Å². The van der Waals surface area contributed by atoms with Crippen molar-refractivity contribution in [2.75, 3.05) is 32.5 Å². The lowest BCUT2D eigenvalue weighted by molar-refractivity contribution is 0.223. The third-order valence-electron chi connectivity index (χ3n) is 2.78. The average molecular weight is 238 g/mol. The minimum Gasteiger partial charge on any atom is -0.496 e. The van der Waals surface area contributed by atoms with Crippen LogP contribution >= 0.6 is 0 Å². The number of aliphatic hydroxyl groups is 1. The van der Waals surface area contributed by atoms with E-state index in [2.05, 4.69) is 11.8 Å². The molecule has 0 atom stereocenters. The molecule has 96 valence electrons. The monoisotopic (exact) mass is 238 g/mol. The van der Waals surface area contributed by atoms with Crippen LogP contribution < -0.4 is 10.5 Å². The summed E-state index contributed by atoms with van der Waals surface area (Å²) in [6, 6.07) is 5.72. The molecular weight excluding hydrogens is 216 g/mol. The maximum Gasteiger partial charge on any atom is 0.125 e. The van der Waals surface area contributed by atoms with E-state index in [1.54, 1.807) is 7.11 Å². The van der Waals surface area contributed by atoms with Crippen molar-refractivity contribution in [3.63, 3.8) is 0 Å². The Morgan fingerprint density at radius 3 is 2.76 bits per heavy atom. The van der Waals surface area contributed by atoms with Gasteiger partial charge >= 0.3 is 0 Å². The average Bonchev–Trinajstić information content (AvgIpc) is 2.35. The molecule has 0 aliphatic heterocycles. The second-order valence-electron chi connectivity index (χ2n) is 4.02. The van der Waals surface area contributed by atoms with Crippen LogP contribution in [0.3, 0.4) is 0 Å². The summed E-state index contributed by atoms with van der Waals surface area (Å²) < 4.78 is 5.32.